The second-order valence-corrected chi connectivity index (χ2v) is 3.87. The molecule has 0 spiro atoms. The van der Waals surface area contributed by atoms with E-state index < -0.39 is 0 Å². The van der Waals surface area contributed by atoms with Gasteiger partial charge in [-0.05, 0) is 57.6 Å². The van der Waals surface area contributed by atoms with Crippen LogP contribution in [0.5, 0.6) is 0 Å². The van der Waals surface area contributed by atoms with Crippen molar-refractivity contribution in [3.05, 3.63) is 34.9 Å². The molecule has 0 N–H and O–H groups in total. The molecular weight excluding hydrogens is 236 g/mol. The van der Waals surface area contributed by atoms with E-state index in [1.165, 1.54) is 6.08 Å². The van der Waals surface area contributed by atoms with Gasteiger partial charge in [0, 0.05) is 11.6 Å². The molecule has 0 aromatic carbocycles. The molecule has 0 rings (SSSR count). The topological polar surface area (TPSA) is 26.3 Å². The van der Waals surface area contributed by atoms with Gasteiger partial charge in [0.1, 0.15) is 0 Å². The first-order chi connectivity index (χ1) is 9.01. The predicted octanol–water partition coefficient (Wildman–Crippen LogP) is 3.42. The summed E-state index contributed by atoms with van der Waals surface area (Å²) < 4.78 is 4.80. The molecule has 0 radical (unpaired) electrons. The molecule has 0 unspecified atom stereocenters. The lowest BCUT2D eigenvalue weighted by Crippen LogP contribution is -1.98. The highest BCUT2D eigenvalue weighted by Gasteiger charge is 1.94. The summed E-state index contributed by atoms with van der Waals surface area (Å²) in [5.41, 5.74) is 2.80. The van der Waals surface area contributed by atoms with Gasteiger partial charge in [0.2, 0.25) is 0 Å². The molecule has 0 amide bonds. The summed E-state index contributed by atoms with van der Waals surface area (Å²) in [5.74, 6) is 11.1. The van der Waals surface area contributed by atoms with Crippen LogP contribution in [-0.4, -0.2) is 12.6 Å². The monoisotopic (exact) mass is 256 g/mol. The van der Waals surface area contributed by atoms with Crippen LogP contribution in [0.25, 0.3) is 0 Å². The maximum atomic E-state index is 11.1. The number of ether oxygens (including phenoxy) is 1. The van der Waals surface area contributed by atoms with Crippen molar-refractivity contribution >= 4 is 5.97 Å². The van der Waals surface area contributed by atoms with Gasteiger partial charge in [0.15, 0.2) is 0 Å². The number of esters is 1. The minimum absolute atomic E-state index is 0.342. The van der Waals surface area contributed by atoms with Crippen LogP contribution in [0.15, 0.2) is 34.9 Å². The van der Waals surface area contributed by atoms with Gasteiger partial charge in [-0.2, -0.15) is 0 Å². The maximum Gasteiger partial charge on any atom is 0.330 e. The number of hydrogen-bond acceptors (Lipinski definition) is 2. The van der Waals surface area contributed by atoms with Crippen molar-refractivity contribution in [2.24, 2.45) is 0 Å². The number of allylic oxidation sites excluding steroid dienone is 5. The highest BCUT2D eigenvalue weighted by Crippen LogP contribution is 2.03. The van der Waals surface area contributed by atoms with E-state index >= 15 is 0 Å². The lowest BCUT2D eigenvalue weighted by molar-refractivity contribution is -0.137. The molecule has 0 aromatic rings. The van der Waals surface area contributed by atoms with Gasteiger partial charge in [-0.15, -0.1) is 0 Å². The first kappa shape index (κ1) is 16.8. The summed E-state index contributed by atoms with van der Waals surface area (Å²) in [7, 11) is 0. The normalized spacial score (nSPS) is 11.9. The average molecular weight is 256 g/mol. The van der Waals surface area contributed by atoms with E-state index in [1.54, 1.807) is 13.0 Å². The highest BCUT2D eigenvalue weighted by atomic mass is 16.5. The summed E-state index contributed by atoms with van der Waals surface area (Å²) in [5, 5.41) is 0. The van der Waals surface area contributed by atoms with Crippen molar-refractivity contribution in [3.8, 4) is 23.7 Å². The quantitative estimate of drug-likeness (QED) is 0.335. The molecular formula is C17H20O2. The highest BCUT2D eigenvalue weighted by molar-refractivity contribution is 5.82. The molecule has 0 aliphatic carbocycles. The number of rotatable bonds is 3. The zero-order valence-electron chi connectivity index (χ0n) is 12.3. The van der Waals surface area contributed by atoms with Gasteiger partial charge in [-0.25, -0.2) is 4.79 Å². The zero-order chi connectivity index (χ0) is 14.7. The second-order valence-electron chi connectivity index (χ2n) is 3.87. The summed E-state index contributed by atoms with van der Waals surface area (Å²) in [6.45, 7) is 9.81. The van der Waals surface area contributed by atoms with Gasteiger partial charge in [-0.1, -0.05) is 24.0 Å². The van der Waals surface area contributed by atoms with E-state index in [-0.39, 0.29) is 5.97 Å². The molecule has 0 saturated carbocycles. The van der Waals surface area contributed by atoms with Crippen molar-refractivity contribution < 1.29 is 9.53 Å². The van der Waals surface area contributed by atoms with Crippen molar-refractivity contribution in [1.29, 1.82) is 0 Å². The van der Waals surface area contributed by atoms with Gasteiger partial charge in [0.05, 0.1) is 6.61 Å². The third kappa shape index (κ3) is 8.52. The average Bonchev–Trinajstić information content (AvgIpc) is 2.40. The molecule has 0 aliphatic heterocycles. The smallest absolute Gasteiger partial charge is 0.330 e. The molecule has 0 saturated heterocycles. The molecule has 0 fully saturated rings. The Kier molecular flexibility index (Phi) is 8.67. The molecule has 0 aliphatic rings. The lowest BCUT2D eigenvalue weighted by Gasteiger charge is -1.96. The molecule has 0 aromatic heterocycles. The van der Waals surface area contributed by atoms with Crippen LogP contribution in [0, 0.1) is 23.7 Å². The number of carbonyl (C=O) groups is 1. The van der Waals surface area contributed by atoms with E-state index in [0.29, 0.717) is 6.61 Å². The van der Waals surface area contributed by atoms with E-state index in [2.05, 4.69) is 23.7 Å². The summed E-state index contributed by atoms with van der Waals surface area (Å²) in [4.78, 5) is 11.1. The van der Waals surface area contributed by atoms with Crippen LogP contribution in [0.2, 0.25) is 0 Å². The SMILES string of the molecule is CC=C(C)C#CC#CC(C)=C(C)C=CC(=O)OCC. The van der Waals surface area contributed by atoms with Crippen molar-refractivity contribution in [2.75, 3.05) is 6.61 Å². The maximum absolute atomic E-state index is 11.1. The van der Waals surface area contributed by atoms with Gasteiger partial charge in [-0.3, -0.25) is 0 Å². The van der Waals surface area contributed by atoms with Gasteiger partial charge >= 0.3 is 5.97 Å². The zero-order valence-corrected chi connectivity index (χ0v) is 12.3. The third-order valence-corrected chi connectivity index (χ3v) is 2.35. The Morgan fingerprint density at radius 3 is 2.32 bits per heavy atom. The van der Waals surface area contributed by atoms with Crippen LogP contribution < -0.4 is 0 Å². The molecule has 0 atom stereocenters. The summed E-state index contributed by atoms with van der Waals surface area (Å²) in [6.07, 6.45) is 5.04. The molecule has 19 heavy (non-hydrogen) atoms. The minimum Gasteiger partial charge on any atom is -0.463 e. The predicted molar refractivity (Wildman–Crippen MR) is 79.1 cm³/mol. The minimum atomic E-state index is -0.342. The largest absolute Gasteiger partial charge is 0.463 e. The van der Waals surface area contributed by atoms with Crippen LogP contribution in [0.4, 0.5) is 0 Å². The standard InChI is InChI=1S/C17H20O2/c1-6-14(3)10-8-9-11-15(4)16(5)12-13-17(18)19-7-2/h6,12-13H,7H2,1-5H3. The number of hydrogen-bond donors (Lipinski definition) is 0. The van der Waals surface area contributed by atoms with E-state index in [4.69, 9.17) is 4.74 Å². The molecule has 2 nitrogen and oxygen atoms in total. The Hall–Kier alpha value is -2.19. The second kappa shape index (κ2) is 9.80. The number of carbonyl (C=O) groups excluding carboxylic acids is 1. The summed E-state index contributed by atoms with van der Waals surface area (Å²) >= 11 is 0. The fourth-order valence-electron chi connectivity index (χ4n) is 0.934. The summed E-state index contributed by atoms with van der Waals surface area (Å²) in [6, 6.07) is 0. The third-order valence-electron chi connectivity index (χ3n) is 2.35. The fraction of sp³-hybridized carbons (Fsp3) is 0.353. The van der Waals surface area contributed by atoms with Crippen LogP contribution in [0.3, 0.4) is 0 Å². The molecule has 0 bridgehead atoms. The Morgan fingerprint density at radius 1 is 1.11 bits per heavy atom. The first-order valence-corrected chi connectivity index (χ1v) is 6.18. The Bertz CT molecular complexity index is 523. The Morgan fingerprint density at radius 2 is 1.74 bits per heavy atom. The molecule has 100 valence electrons. The lowest BCUT2D eigenvalue weighted by atomic mass is 10.1. The fourth-order valence-corrected chi connectivity index (χ4v) is 0.934. The van der Waals surface area contributed by atoms with Crippen molar-refractivity contribution in [1.82, 2.24) is 0 Å². The van der Waals surface area contributed by atoms with Gasteiger partial charge < -0.3 is 4.74 Å². The van der Waals surface area contributed by atoms with Crippen molar-refractivity contribution in [3.63, 3.8) is 0 Å². The Balaban J connectivity index is 4.73. The molecule has 2 heteroatoms. The Labute approximate surface area is 116 Å². The van der Waals surface area contributed by atoms with E-state index in [1.807, 2.05) is 33.8 Å². The van der Waals surface area contributed by atoms with E-state index in [9.17, 15) is 4.79 Å². The molecule has 0 heterocycles. The van der Waals surface area contributed by atoms with E-state index in [0.717, 1.165) is 16.7 Å². The van der Waals surface area contributed by atoms with Crippen LogP contribution >= 0.6 is 0 Å². The van der Waals surface area contributed by atoms with Crippen molar-refractivity contribution in [2.45, 2.75) is 34.6 Å². The van der Waals surface area contributed by atoms with Crippen LogP contribution in [-0.2, 0) is 9.53 Å². The van der Waals surface area contributed by atoms with Gasteiger partial charge in [0.25, 0.3) is 0 Å². The van der Waals surface area contributed by atoms with Crippen LogP contribution in [0.1, 0.15) is 34.6 Å². The first-order valence-electron chi connectivity index (χ1n) is 6.18.